The Morgan fingerprint density at radius 1 is 0.314 bits per heavy atom. The highest BCUT2D eigenvalue weighted by molar-refractivity contribution is 5.96. The molecule has 0 heteroatoms. The zero-order chi connectivity index (χ0) is 34.6. The van der Waals surface area contributed by atoms with E-state index < -0.39 is 0 Å². The van der Waals surface area contributed by atoms with Crippen LogP contribution in [0, 0.1) is 6.92 Å². The molecule has 0 N–H and O–H groups in total. The molecule has 51 heavy (non-hydrogen) atoms. The summed E-state index contributed by atoms with van der Waals surface area (Å²) in [7, 11) is 0. The fourth-order valence-corrected chi connectivity index (χ4v) is 9.31. The van der Waals surface area contributed by atoms with Gasteiger partial charge in [0.25, 0.3) is 0 Å². The molecule has 10 rings (SSSR count). The van der Waals surface area contributed by atoms with Gasteiger partial charge in [-0.3, -0.25) is 0 Å². The minimum Gasteiger partial charge on any atom is -0.0619 e. The monoisotopic (exact) mass is 652 g/mol. The largest absolute Gasteiger partial charge is 0.0619 e. The highest BCUT2D eigenvalue weighted by Gasteiger charge is 2.37. The third kappa shape index (κ3) is 4.39. The van der Waals surface area contributed by atoms with Crippen LogP contribution in [0.15, 0.2) is 152 Å². The maximum Gasteiger partial charge on any atom is 0.0159 e. The summed E-state index contributed by atoms with van der Waals surface area (Å²) in [5.41, 5.74) is 20.0. The smallest absolute Gasteiger partial charge is 0.0159 e. The third-order valence-corrected chi connectivity index (χ3v) is 12.3. The lowest BCUT2D eigenvalue weighted by Crippen LogP contribution is -2.15. The van der Waals surface area contributed by atoms with Gasteiger partial charge in [0.05, 0.1) is 0 Å². The van der Waals surface area contributed by atoms with Crippen molar-refractivity contribution in [2.75, 3.05) is 0 Å². The molecule has 2 aliphatic rings. The second-order valence-corrected chi connectivity index (χ2v) is 15.8. The summed E-state index contributed by atoms with van der Waals surface area (Å²) in [6.45, 7) is 11.8. The summed E-state index contributed by atoms with van der Waals surface area (Å²) < 4.78 is 0. The van der Waals surface area contributed by atoms with Crippen molar-refractivity contribution in [3.8, 4) is 55.6 Å². The molecular weight excluding hydrogens is 613 g/mol. The van der Waals surface area contributed by atoms with E-state index in [1.165, 1.54) is 105 Å². The predicted octanol–water partition coefficient (Wildman–Crippen LogP) is 13.9. The first kappa shape index (κ1) is 30.1. The SMILES string of the molecule is Cc1c(-c2ccc3c(c2)C(C)(C)c2cc(-c4ccc5c(c4)C(C)(C)c4ccccc4-5)ccc2-3)ccc2cc(-c3ccc4ccccc4c3)ccc12. The summed E-state index contributed by atoms with van der Waals surface area (Å²) >= 11 is 0. The average molecular weight is 653 g/mol. The molecule has 0 saturated carbocycles. The molecule has 0 bridgehead atoms. The van der Waals surface area contributed by atoms with Crippen LogP contribution in [0.2, 0.25) is 0 Å². The summed E-state index contributed by atoms with van der Waals surface area (Å²) in [5, 5.41) is 5.14. The first-order chi connectivity index (χ1) is 24.7. The van der Waals surface area contributed by atoms with Crippen LogP contribution in [-0.4, -0.2) is 0 Å². The normalized spacial score (nSPS) is 14.7. The van der Waals surface area contributed by atoms with Gasteiger partial charge in [-0.25, -0.2) is 0 Å². The Labute approximate surface area is 301 Å². The van der Waals surface area contributed by atoms with Gasteiger partial charge < -0.3 is 0 Å². The molecule has 0 aliphatic heterocycles. The number of aryl methyl sites for hydroxylation is 1. The van der Waals surface area contributed by atoms with Gasteiger partial charge in [-0.15, -0.1) is 0 Å². The molecule has 0 nitrogen and oxygen atoms in total. The second kappa shape index (κ2) is 10.6. The van der Waals surface area contributed by atoms with E-state index in [-0.39, 0.29) is 10.8 Å². The molecule has 0 spiro atoms. The van der Waals surface area contributed by atoms with Gasteiger partial charge in [0.1, 0.15) is 0 Å². The number of rotatable bonds is 3. The van der Waals surface area contributed by atoms with Gasteiger partial charge in [-0.2, -0.15) is 0 Å². The maximum atomic E-state index is 2.46. The van der Waals surface area contributed by atoms with Crippen LogP contribution in [0.4, 0.5) is 0 Å². The van der Waals surface area contributed by atoms with Crippen molar-refractivity contribution < 1.29 is 0 Å². The lowest BCUT2D eigenvalue weighted by atomic mass is 9.79. The average Bonchev–Trinajstić information content (AvgIpc) is 3.53. The van der Waals surface area contributed by atoms with Crippen molar-refractivity contribution in [2.24, 2.45) is 0 Å². The van der Waals surface area contributed by atoms with E-state index in [1.54, 1.807) is 0 Å². The van der Waals surface area contributed by atoms with E-state index in [4.69, 9.17) is 0 Å². The van der Waals surface area contributed by atoms with Crippen LogP contribution in [0.3, 0.4) is 0 Å². The van der Waals surface area contributed by atoms with Crippen molar-refractivity contribution >= 4 is 21.5 Å². The van der Waals surface area contributed by atoms with Gasteiger partial charge in [-0.1, -0.05) is 149 Å². The Hall–Kier alpha value is -5.72. The summed E-state index contributed by atoms with van der Waals surface area (Å²) in [5.74, 6) is 0. The van der Waals surface area contributed by atoms with E-state index >= 15 is 0 Å². The summed E-state index contributed by atoms with van der Waals surface area (Å²) in [6.07, 6.45) is 0. The second-order valence-electron chi connectivity index (χ2n) is 15.8. The van der Waals surface area contributed by atoms with Crippen LogP contribution in [-0.2, 0) is 10.8 Å². The standard InChI is InChI=1S/C51H40/c1-31-40-21-16-35(34-15-14-32-10-6-7-11-33(32)26-34)27-38(40)19-22-41(31)39-20-25-45-44-24-18-37(29-48(44)51(4,5)49(45)30-39)36-17-23-43-42-12-8-9-13-46(42)50(2,3)47(43)28-36/h6-30H,1-5H3. The molecule has 8 aromatic carbocycles. The third-order valence-electron chi connectivity index (χ3n) is 12.3. The molecule has 0 unspecified atom stereocenters. The molecule has 0 atom stereocenters. The molecule has 8 aromatic rings. The van der Waals surface area contributed by atoms with E-state index in [0.717, 1.165) is 0 Å². The molecule has 2 aliphatic carbocycles. The van der Waals surface area contributed by atoms with E-state index in [2.05, 4.69) is 186 Å². The van der Waals surface area contributed by atoms with Crippen LogP contribution in [0.5, 0.6) is 0 Å². The maximum absolute atomic E-state index is 2.46. The Balaban J connectivity index is 0.995. The van der Waals surface area contributed by atoms with Crippen LogP contribution < -0.4 is 0 Å². The lowest BCUT2D eigenvalue weighted by molar-refractivity contribution is 0.659. The minimum absolute atomic E-state index is 0.00894. The van der Waals surface area contributed by atoms with Gasteiger partial charge in [0.2, 0.25) is 0 Å². The van der Waals surface area contributed by atoms with Gasteiger partial charge >= 0.3 is 0 Å². The minimum atomic E-state index is -0.109. The van der Waals surface area contributed by atoms with E-state index in [9.17, 15) is 0 Å². The Morgan fingerprint density at radius 2 is 0.745 bits per heavy atom. The van der Waals surface area contributed by atoms with Gasteiger partial charge in [-0.05, 0) is 142 Å². The van der Waals surface area contributed by atoms with Crippen LogP contribution in [0.25, 0.3) is 77.2 Å². The summed E-state index contributed by atoms with van der Waals surface area (Å²) in [4.78, 5) is 0. The number of fused-ring (bicyclic) bond motifs is 8. The number of hydrogen-bond acceptors (Lipinski definition) is 0. The molecule has 0 heterocycles. The molecule has 0 saturated heterocycles. The lowest BCUT2D eigenvalue weighted by Gasteiger charge is -2.24. The van der Waals surface area contributed by atoms with Crippen LogP contribution in [0.1, 0.15) is 55.5 Å². The number of benzene rings is 8. The Bertz CT molecular complexity index is 2750. The fourth-order valence-electron chi connectivity index (χ4n) is 9.31. The van der Waals surface area contributed by atoms with Crippen molar-refractivity contribution in [2.45, 2.75) is 45.4 Å². The fraction of sp³-hybridized carbons (Fsp3) is 0.137. The molecule has 0 radical (unpaired) electrons. The first-order valence-corrected chi connectivity index (χ1v) is 18.3. The van der Waals surface area contributed by atoms with Crippen LogP contribution >= 0.6 is 0 Å². The zero-order valence-corrected chi connectivity index (χ0v) is 29.9. The molecular formula is C51H40. The van der Waals surface area contributed by atoms with E-state index in [1.807, 2.05) is 0 Å². The molecule has 0 aromatic heterocycles. The van der Waals surface area contributed by atoms with Crippen molar-refractivity contribution in [1.29, 1.82) is 0 Å². The number of hydrogen-bond donors (Lipinski definition) is 0. The predicted molar refractivity (Wildman–Crippen MR) is 218 cm³/mol. The van der Waals surface area contributed by atoms with Crippen molar-refractivity contribution in [1.82, 2.24) is 0 Å². The van der Waals surface area contributed by atoms with Gasteiger partial charge in [0.15, 0.2) is 0 Å². The zero-order valence-electron chi connectivity index (χ0n) is 29.9. The quantitative estimate of drug-likeness (QED) is 0.178. The topological polar surface area (TPSA) is 0 Å². The highest BCUT2D eigenvalue weighted by Crippen LogP contribution is 2.52. The van der Waals surface area contributed by atoms with E-state index in [0.29, 0.717) is 0 Å². The van der Waals surface area contributed by atoms with Crippen molar-refractivity contribution in [3.05, 3.63) is 179 Å². The Kier molecular flexibility index (Phi) is 6.29. The van der Waals surface area contributed by atoms with Gasteiger partial charge in [0, 0.05) is 10.8 Å². The highest BCUT2D eigenvalue weighted by atomic mass is 14.4. The molecule has 0 amide bonds. The summed E-state index contributed by atoms with van der Waals surface area (Å²) in [6, 6.07) is 57.2. The first-order valence-electron chi connectivity index (χ1n) is 18.3. The molecule has 244 valence electrons. The molecule has 0 fully saturated rings. The van der Waals surface area contributed by atoms with Crippen molar-refractivity contribution in [3.63, 3.8) is 0 Å². The Morgan fingerprint density at radius 3 is 1.43 bits per heavy atom.